The molecule has 1 N–H and O–H groups in total. The van der Waals surface area contributed by atoms with Gasteiger partial charge in [-0.05, 0) is 43.3 Å². The Morgan fingerprint density at radius 2 is 1.84 bits per heavy atom. The van der Waals surface area contributed by atoms with Crippen LogP contribution in [0, 0.1) is 0 Å². The molecule has 1 aliphatic rings. The summed E-state index contributed by atoms with van der Waals surface area (Å²) in [7, 11) is 0. The van der Waals surface area contributed by atoms with E-state index in [2.05, 4.69) is 5.32 Å². The molecule has 5 nitrogen and oxygen atoms in total. The third kappa shape index (κ3) is 4.09. The summed E-state index contributed by atoms with van der Waals surface area (Å²) in [4.78, 5) is 38.3. The number of rotatable bonds is 5. The van der Waals surface area contributed by atoms with Crippen molar-refractivity contribution >= 4 is 40.7 Å². The van der Waals surface area contributed by atoms with E-state index in [1.165, 1.54) is 18.7 Å². The van der Waals surface area contributed by atoms with Gasteiger partial charge in [0.25, 0.3) is 0 Å². The minimum atomic E-state index is -0.168. The van der Waals surface area contributed by atoms with Crippen LogP contribution in [0.2, 0.25) is 0 Å². The summed E-state index contributed by atoms with van der Waals surface area (Å²) in [5, 5.41) is 2.79. The van der Waals surface area contributed by atoms with Crippen LogP contribution in [0.5, 0.6) is 0 Å². The molecule has 0 atom stereocenters. The van der Waals surface area contributed by atoms with Crippen LogP contribution in [-0.2, 0) is 9.59 Å². The molecule has 0 saturated heterocycles. The van der Waals surface area contributed by atoms with Gasteiger partial charge in [-0.2, -0.15) is 0 Å². The number of benzene rings is 2. The van der Waals surface area contributed by atoms with E-state index in [-0.39, 0.29) is 24.0 Å². The number of nitrogens with zero attached hydrogens (tertiary/aromatic N) is 1. The molecule has 3 rings (SSSR count). The third-order valence-electron chi connectivity index (χ3n) is 3.95. The van der Waals surface area contributed by atoms with E-state index in [1.54, 1.807) is 29.2 Å². The van der Waals surface area contributed by atoms with Crippen LogP contribution in [0.25, 0.3) is 0 Å². The number of para-hydroxylation sites is 1. The average Bonchev–Trinajstić information content (AvgIpc) is 2.61. The van der Waals surface area contributed by atoms with Gasteiger partial charge < -0.3 is 10.2 Å². The Labute approximate surface area is 150 Å². The number of Topliss-reactive ketones (excluding diaryl/α,β-unsaturated/α-hetero) is 1. The lowest BCUT2D eigenvalue weighted by atomic mass is 10.1. The molecule has 128 valence electrons. The second kappa shape index (κ2) is 7.53. The molecular weight excluding hydrogens is 336 g/mol. The maximum absolute atomic E-state index is 12.2. The lowest BCUT2D eigenvalue weighted by Crippen LogP contribution is -2.37. The van der Waals surface area contributed by atoms with Crippen LogP contribution in [-0.4, -0.2) is 29.9 Å². The number of fused-ring (bicyclic) bond motifs is 1. The van der Waals surface area contributed by atoms with Crippen molar-refractivity contribution in [3.63, 3.8) is 0 Å². The largest absolute Gasteiger partial charge is 0.326 e. The van der Waals surface area contributed by atoms with Crippen LogP contribution in [0.4, 0.5) is 11.4 Å². The van der Waals surface area contributed by atoms with Gasteiger partial charge in [-0.3, -0.25) is 14.4 Å². The Morgan fingerprint density at radius 3 is 2.56 bits per heavy atom. The molecule has 1 aliphatic heterocycles. The zero-order valence-corrected chi connectivity index (χ0v) is 14.6. The van der Waals surface area contributed by atoms with Gasteiger partial charge in [0.15, 0.2) is 5.78 Å². The number of carbonyl (C=O) groups excluding carboxylic acids is 3. The van der Waals surface area contributed by atoms with Crippen molar-refractivity contribution < 1.29 is 14.4 Å². The molecule has 6 heteroatoms. The highest BCUT2D eigenvalue weighted by Crippen LogP contribution is 2.34. The summed E-state index contributed by atoms with van der Waals surface area (Å²) in [6, 6.07) is 14.5. The molecule has 1 heterocycles. The number of nitrogens with one attached hydrogen (secondary N) is 1. The second-order valence-electron chi connectivity index (χ2n) is 5.73. The molecule has 0 aromatic heterocycles. The van der Waals surface area contributed by atoms with E-state index in [0.29, 0.717) is 23.5 Å². The Kier molecular flexibility index (Phi) is 5.19. The maximum atomic E-state index is 12.2. The number of hydrogen-bond acceptors (Lipinski definition) is 4. The van der Waals surface area contributed by atoms with E-state index in [4.69, 9.17) is 0 Å². The average molecular weight is 354 g/mol. The van der Waals surface area contributed by atoms with Crippen molar-refractivity contribution in [2.45, 2.75) is 18.2 Å². The van der Waals surface area contributed by atoms with Crippen molar-refractivity contribution in [2.24, 2.45) is 0 Å². The number of amides is 2. The number of hydrogen-bond donors (Lipinski definition) is 1. The Balaban J connectivity index is 1.60. The molecule has 0 bridgehead atoms. The van der Waals surface area contributed by atoms with E-state index in [0.717, 1.165) is 10.6 Å². The Morgan fingerprint density at radius 1 is 1.12 bits per heavy atom. The van der Waals surface area contributed by atoms with Gasteiger partial charge in [-0.25, -0.2) is 0 Å². The van der Waals surface area contributed by atoms with E-state index < -0.39 is 0 Å². The first-order chi connectivity index (χ1) is 12.0. The van der Waals surface area contributed by atoms with Crippen molar-refractivity contribution in [3.05, 3.63) is 54.1 Å². The molecule has 0 aliphatic carbocycles. The van der Waals surface area contributed by atoms with Gasteiger partial charge >= 0.3 is 0 Å². The predicted molar refractivity (Wildman–Crippen MR) is 99.2 cm³/mol. The zero-order valence-electron chi connectivity index (χ0n) is 13.8. The van der Waals surface area contributed by atoms with Crippen LogP contribution < -0.4 is 10.2 Å². The van der Waals surface area contributed by atoms with Gasteiger partial charge in [0, 0.05) is 29.1 Å². The maximum Gasteiger partial charge on any atom is 0.237 e. The summed E-state index contributed by atoms with van der Waals surface area (Å²) in [6.45, 7) is 1.84. The number of carbonyl (C=O) groups is 3. The lowest BCUT2D eigenvalue weighted by Gasteiger charge is -2.28. The summed E-state index contributed by atoms with van der Waals surface area (Å²) in [6.07, 6.45) is 0.208. The molecular formula is C19H18N2O3S. The first kappa shape index (κ1) is 17.2. The molecule has 0 spiro atoms. The fourth-order valence-corrected chi connectivity index (χ4v) is 3.56. The van der Waals surface area contributed by atoms with E-state index >= 15 is 0 Å². The summed E-state index contributed by atoms with van der Waals surface area (Å²) in [5.41, 5.74) is 2.10. The lowest BCUT2D eigenvalue weighted by molar-refractivity contribution is -0.117. The molecule has 2 aromatic carbocycles. The molecule has 0 radical (unpaired) electrons. The van der Waals surface area contributed by atoms with Gasteiger partial charge in [-0.15, -0.1) is 11.8 Å². The fourth-order valence-electron chi connectivity index (χ4n) is 2.62. The highest BCUT2D eigenvalue weighted by atomic mass is 32.2. The molecule has 0 unspecified atom stereocenters. The molecule has 2 aromatic rings. The number of anilines is 2. The summed E-state index contributed by atoms with van der Waals surface area (Å²) in [5.74, 6) is 0.227. The minimum Gasteiger partial charge on any atom is -0.326 e. The highest BCUT2D eigenvalue weighted by Gasteiger charge is 2.24. The molecule has 0 saturated carbocycles. The second-order valence-corrected chi connectivity index (χ2v) is 6.75. The quantitative estimate of drug-likeness (QED) is 0.836. The van der Waals surface area contributed by atoms with Crippen LogP contribution in [0.1, 0.15) is 23.7 Å². The molecule has 25 heavy (non-hydrogen) atoms. The monoisotopic (exact) mass is 354 g/mol. The topological polar surface area (TPSA) is 66.5 Å². The number of thioether (sulfide) groups is 1. The van der Waals surface area contributed by atoms with Gasteiger partial charge in [0.1, 0.15) is 0 Å². The SMILES string of the molecule is CC(=O)c1ccc(NC(=O)CCN2C(=O)CSc3ccccc32)cc1. The first-order valence-corrected chi connectivity index (χ1v) is 8.96. The van der Waals surface area contributed by atoms with E-state index in [9.17, 15) is 14.4 Å². The smallest absolute Gasteiger partial charge is 0.237 e. The van der Waals surface area contributed by atoms with Crippen molar-refractivity contribution in [1.29, 1.82) is 0 Å². The van der Waals surface area contributed by atoms with Gasteiger partial charge in [-0.1, -0.05) is 12.1 Å². The Bertz CT molecular complexity index is 818. The van der Waals surface area contributed by atoms with Crippen molar-refractivity contribution in [1.82, 2.24) is 0 Å². The van der Waals surface area contributed by atoms with Gasteiger partial charge in [0.2, 0.25) is 11.8 Å². The normalized spacial score (nSPS) is 13.3. The van der Waals surface area contributed by atoms with E-state index in [1.807, 2.05) is 24.3 Å². The summed E-state index contributed by atoms with van der Waals surface area (Å²) >= 11 is 1.52. The van der Waals surface area contributed by atoms with Crippen molar-refractivity contribution in [3.8, 4) is 0 Å². The zero-order chi connectivity index (χ0) is 17.8. The van der Waals surface area contributed by atoms with Gasteiger partial charge in [0.05, 0.1) is 11.4 Å². The first-order valence-electron chi connectivity index (χ1n) is 7.97. The molecule has 2 amide bonds. The standard InChI is InChI=1S/C19H18N2O3S/c1-13(22)14-6-8-15(9-7-14)20-18(23)10-11-21-16-4-2-3-5-17(16)25-12-19(21)24/h2-9H,10-12H2,1H3,(H,20,23). The summed E-state index contributed by atoms with van der Waals surface area (Å²) < 4.78 is 0. The van der Waals surface area contributed by atoms with Crippen molar-refractivity contribution in [2.75, 3.05) is 22.5 Å². The van der Waals surface area contributed by atoms with Crippen LogP contribution >= 0.6 is 11.8 Å². The van der Waals surface area contributed by atoms with Crippen LogP contribution in [0.3, 0.4) is 0 Å². The fraction of sp³-hybridized carbons (Fsp3) is 0.211. The number of ketones is 1. The molecule has 0 fully saturated rings. The third-order valence-corrected chi connectivity index (χ3v) is 4.99. The minimum absolute atomic E-state index is 0.0157. The predicted octanol–water partition coefficient (Wildman–Crippen LogP) is 3.36. The Hall–Kier alpha value is -2.60. The highest BCUT2D eigenvalue weighted by molar-refractivity contribution is 8.00. The van der Waals surface area contributed by atoms with Crippen LogP contribution in [0.15, 0.2) is 53.4 Å².